The van der Waals surface area contributed by atoms with Crippen LogP contribution < -0.4 is 15.1 Å². The second-order valence-corrected chi connectivity index (χ2v) is 7.67. The lowest BCUT2D eigenvalue weighted by Crippen LogP contribution is -2.18. The van der Waals surface area contributed by atoms with Gasteiger partial charge in [0, 0.05) is 34.4 Å². The van der Waals surface area contributed by atoms with Gasteiger partial charge in [0.1, 0.15) is 5.75 Å². The standard InChI is InChI=1S/C23H20BrN3O2/c1-29-22-5-3-2-4-17(22)13-25-26-23(28)16-6-7-18-14-27(15-19(18)12-16)21-10-8-20(24)9-11-21/h2-13H,14-15H2,1H3,(H,26,28)/b25-13-. The van der Waals surface area contributed by atoms with E-state index in [1.54, 1.807) is 13.3 Å². The number of amides is 1. The van der Waals surface area contributed by atoms with Crippen LogP contribution in [0.5, 0.6) is 5.75 Å². The Balaban J connectivity index is 1.43. The lowest BCUT2D eigenvalue weighted by atomic mass is 10.1. The van der Waals surface area contributed by atoms with Crippen molar-refractivity contribution in [2.75, 3.05) is 12.0 Å². The topological polar surface area (TPSA) is 53.9 Å². The third-order valence-electron chi connectivity index (χ3n) is 4.89. The number of rotatable bonds is 5. The van der Waals surface area contributed by atoms with E-state index in [0.717, 1.165) is 34.4 Å². The van der Waals surface area contributed by atoms with Crippen LogP contribution in [0.2, 0.25) is 0 Å². The third-order valence-corrected chi connectivity index (χ3v) is 5.42. The first-order chi connectivity index (χ1) is 14.1. The zero-order valence-electron chi connectivity index (χ0n) is 15.9. The zero-order chi connectivity index (χ0) is 20.2. The van der Waals surface area contributed by atoms with Crippen LogP contribution in [0.15, 0.2) is 76.3 Å². The predicted molar refractivity (Wildman–Crippen MR) is 119 cm³/mol. The van der Waals surface area contributed by atoms with Crippen molar-refractivity contribution in [3.63, 3.8) is 0 Å². The average Bonchev–Trinajstić information content (AvgIpc) is 3.18. The number of carbonyl (C=O) groups excluding carboxylic acids is 1. The van der Waals surface area contributed by atoms with E-state index in [9.17, 15) is 4.79 Å². The fourth-order valence-electron chi connectivity index (χ4n) is 3.37. The molecule has 0 saturated carbocycles. The minimum atomic E-state index is -0.235. The van der Waals surface area contributed by atoms with Crippen molar-refractivity contribution in [3.05, 3.63) is 93.5 Å². The van der Waals surface area contributed by atoms with Crippen molar-refractivity contribution in [1.29, 1.82) is 0 Å². The largest absolute Gasteiger partial charge is 0.496 e. The van der Waals surface area contributed by atoms with Gasteiger partial charge in [-0.3, -0.25) is 4.79 Å². The van der Waals surface area contributed by atoms with E-state index < -0.39 is 0 Å². The first-order valence-electron chi connectivity index (χ1n) is 9.23. The van der Waals surface area contributed by atoms with Crippen molar-refractivity contribution >= 4 is 33.7 Å². The minimum Gasteiger partial charge on any atom is -0.496 e. The number of halogens is 1. The number of anilines is 1. The summed E-state index contributed by atoms with van der Waals surface area (Å²) in [5, 5.41) is 4.07. The fourth-order valence-corrected chi connectivity index (χ4v) is 3.63. The molecular weight excluding hydrogens is 430 g/mol. The maximum absolute atomic E-state index is 12.5. The van der Waals surface area contributed by atoms with Crippen LogP contribution in [0.25, 0.3) is 0 Å². The minimum absolute atomic E-state index is 0.235. The Morgan fingerprint density at radius 3 is 2.62 bits per heavy atom. The number of hydrogen-bond acceptors (Lipinski definition) is 4. The zero-order valence-corrected chi connectivity index (χ0v) is 17.5. The van der Waals surface area contributed by atoms with Crippen LogP contribution in [0.1, 0.15) is 27.0 Å². The summed E-state index contributed by atoms with van der Waals surface area (Å²) in [6.07, 6.45) is 1.58. The Hall–Kier alpha value is -3.12. The number of ether oxygens (including phenoxy) is 1. The molecule has 0 radical (unpaired) electrons. The summed E-state index contributed by atoms with van der Waals surface area (Å²) in [4.78, 5) is 14.8. The summed E-state index contributed by atoms with van der Waals surface area (Å²) in [5.41, 5.74) is 7.55. The highest BCUT2D eigenvalue weighted by atomic mass is 79.9. The number of fused-ring (bicyclic) bond motifs is 1. The molecule has 1 N–H and O–H groups in total. The number of hydrogen-bond donors (Lipinski definition) is 1. The Bertz CT molecular complexity index is 1060. The number of hydrazone groups is 1. The van der Waals surface area contributed by atoms with Crippen LogP contribution in [0.3, 0.4) is 0 Å². The van der Waals surface area contributed by atoms with E-state index in [0.29, 0.717) is 11.3 Å². The Morgan fingerprint density at radius 2 is 1.83 bits per heavy atom. The Morgan fingerprint density at radius 1 is 1.07 bits per heavy atom. The predicted octanol–water partition coefficient (Wildman–Crippen LogP) is 4.74. The number of nitrogens with one attached hydrogen (secondary N) is 1. The fraction of sp³-hybridized carbons (Fsp3) is 0.130. The molecule has 0 aliphatic carbocycles. The van der Waals surface area contributed by atoms with E-state index in [2.05, 4.69) is 43.5 Å². The van der Waals surface area contributed by atoms with E-state index >= 15 is 0 Å². The molecule has 4 rings (SSSR count). The van der Waals surface area contributed by atoms with Gasteiger partial charge in [-0.15, -0.1) is 0 Å². The lowest BCUT2D eigenvalue weighted by molar-refractivity contribution is 0.0955. The van der Waals surface area contributed by atoms with Crippen LogP contribution >= 0.6 is 15.9 Å². The second kappa shape index (κ2) is 8.49. The molecule has 1 heterocycles. The smallest absolute Gasteiger partial charge is 0.271 e. The first-order valence-corrected chi connectivity index (χ1v) is 10.0. The summed E-state index contributed by atoms with van der Waals surface area (Å²) >= 11 is 3.47. The molecule has 0 unspecified atom stereocenters. The molecule has 0 aromatic heterocycles. The molecule has 6 heteroatoms. The SMILES string of the molecule is COc1ccccc1/C=N\NC(=O)c1ccc2c(c1)CN(c1ccc(Br)cc1)C2. The lowest BCUT2D eigenvalue weighted by Gasteiger charge is -2.17. The van der Waals surface area contributed by atoms with Gasteiger partial charge in [-0.2, -0.15) is 5.10 Å². The van der Waals surface area contributed by atoms with Crippen LogP contribution in [-0.4, -0.2) is 19.2 Å². The van der Waals surface area contributed by atoms with Crippen LogP contribution in [0, 0.1) is 0 Å². The van der Waals surface area contributed by atoms with Crippen molar-refractivity contribution in [2.45, 2.75) is 13.1 Å². The molecule has 1 aliphatic rings. The highest BCUT2D eigenvalue weighted by molar-refractivity contribution is 9.10. The summed E-state index contributed by atoms with van der Waals surface area (Å²) in [6.45, 7) is 1.62. The van der Waals surface area contributed by atoms with Gasteiger partial charge in [-0.05, 0) is 59.7 Å². The molecule has 0 atom stereocenters. The van der Waals surface area contributed by atoms with Crippen LogP contribution in [0.4, 0.5) is 5.69 Å². The van der Waals surface area contributed by atoms with Gasteiger partial charge in [0.2, 0.25) is 0 Å². The number of para-hydroxylation sites is 1. The summed E-state index contributed by atoms with van der Waals surface area (Å²) in [5.74, 6) is 0.470. The van der Waals surface area contributed by atoms with Crippen molar-refractivity contribution < 1.29 is 9.53 Å². The van der Waals surface area contributed by atoms with E-state index in [1.807, 2.05) is 54.6 Å². The molecule has 3 aromatic rings. The highest BCUT2D eigenvalue weighted by Gasteiger charge is 2.20. The molecule has 0 spiro atoms. The molecule has 1 amide bonds. The van der Waals surface area contributed by atoms with Crippen molar-refractivity contribution in [1.82, 2.24) is 5.43 Å². The monoisotopic (exact) mass is 449 g/mol. The summed E-state index contributed by atoms with van der Waals surface area (Å²) < 4.78 is 6.34. The van der Waals surface area contributed by atoms with Gasteiger partial charge < -0.3 is 9.64 Å². The van der Waals surface area contributed by atoms with E-state index in [1.165, 1.54) is 5.56 Å². The molecular formula is C23H20BrN3O2. The molecule has 5 nitrogen and oxygen atoms in total. The Labute approximate surface area is 178 Å². The number of benzene rings is 3. The quantitative estimate of drug-likeness (QED) is 0.451. The molecule has 29 heavy (non-hydrogen) atoms. The number of carbonyl (C=O) groups is 1. The second-order valence-electron chi connectivity index (χ2n) is 6.76. The van der Waals surface area contributed by atoms with Crippen molar-refractivity contribution in [2.24, 2.45) is 5.10 Å². The first kappa shape index (κ1) is 19.2. The van der Waals surface area contributed by atoms with E-state index in [-0.39, 0.29) is 5.91 Å². The normalized spacial score (nSPS) is 12.8. The van der Waals surface area contributed by atoms with Gasteiger partial charge in [-0.25, -0.2) is 5.43 Å². The molecule has 1 aliphatic heterocycles. The summed E-state index contributed by atoms with van der Waals surface area (Å²) in [7, 11) is 1.60. The third kappa shape index (κ3) is 4.32. The van der Waals surface area contributed by atoms with Gasteiger partial charge in [0.25, 0.3) is 5.91 Å². The molecule has 3 aromatic carbocycles. The molecule has 146 valence electrons. The number of methoxy groups -OCH3 is 1. The van der Waals surface area contributed by atoms with Crippen molar-refractivity contribution in [3.8, 4) is 5.75 Å². The van der Waals surface area contributed by atoms with Gasteiger partial charge in [0.05, 0.1) is 13.3 Å². The molecule has 0 saturated heterocycles. The van der Waals surface area contributed by atoms with Crippen LogP contribution in [-0.2, 0) is 13.1 Å². The Kier molecular flexibility index (Phi) is 5.62. The average molecular weight is 450 g/mol. The van der Waals surface area contributed by atoms with Gasteiger partial charge in [0.15, 0.2) is 0 Å². The van der Waals surface area contributed by atoms with Gasteiger partial charge >= 0.3 is 0 Å². The highest BCUT2D eigenvalue weighted by Crippen LogP contribution is 2.29. The number of nitrogens with zero attached hydrogens (tertiary/aromatic N) is 2. The molecule has 0 bridgehead atoms. The maximum atomic E-state index is 12.5. The maximum Gasteiger partial charge on any atom is 0.271 e. The van der Waals surface area contributed by atoms with Gasteiger partial charge in [-0.1, -0.05) is 34.1 Å². The summed E-state index contributed by atoms with van der Waals surface area (Å²) in [6, 6.07) is 21.6. The van der Waals surface area contributed by atoms with E-state index in [4.69, 9.17) is 4.74 Å². The molecule has 0 fully saturated rings.